The van der Waals surface area contributed by atoms with E-state index in [4.69, 9.17) is 16.3 Å². The average molecular weight is 294 g/mol. The zero-order chi connectivity index (χ0) is 14.5. The van der Waals surface area contributed by atoms with E-state index in [0.717, 1.165) is 17.0 Å². The van der Waals surface area contributed by atoms with Gasteiger partial charge in [-0.3, -0.25) is 0 Å². The molecule has 20 heavy (non-hydrogen) atoms. The van der Waals surface area contributed by atoms with Crippen molar-refractivity contribution in [2.24, 2.45) is 0 Å². The minimum absolute atomic E-state index is 0.0215. The molecule has 0 aliphatic heterocycles. The number of hydrogen-bond donors (Lipinski definition) is 1. The number of anilines is 1. The highest BCUT2D eigenvalue weighted by Gasteiger charge is 2.10. The van der Waals surface area contributed by atoms with E-state index in [9.17, 15) is 4.39 Å². The van der Waals surface area contributed by atoms with Gasteiger partial charge in [0.15, 0.2) is 0 Å². The molecule has 0 amide bonds. The summed E-state index contributed by atoms with van der Waals surface area (Å²) in [6, 6.07) is 11.9. The molecule has 0 bridgehead atoms. The van der Waals surface area contributed by atoms with Crippen LogP contribution in [0.15, 0.2) is 42.5 Å². The number of halogens is 2. The molecule has 0 fully saturated rings. The third-order valence-corrected chi connectivity index (χ3v) is 3.22. The summed E-state index contributed by atoms with van der Waals surface area (Å²) in [5.74, 6) is 0.518. The van der Waals surface area contributed by atoms with Crippen molar-refractivity contribution in [3.05, 3.63) is 58.9 Å². The van der Waals surface area contributed by atoms with Crippen LogP contribution in [0.1, 0.15) is 25.5 Å². The number of rotatable bonds is 5. The summed E-state index contributed by atoms with van der Waals surface area (Å²) < 4.78 is 18.5. The van der Waals surface area contributed by atoms with Gasteiger partial charge in [0.25, 0.3) is 0 Å². The van der Waals surface area contributed by atoms with Crippen molar-refractivity contribution in [2.75, 3.05) is 11.9 Å². The topological polar surface area (TPSA) is 21.3 Å². The van der Waals surface area contributed by atoms with E-state index in [2.05, 4.69) is 5.32 Å². The third-order valence-electron chi connectivity index (χ3n) is 2.98. The second-order valence-corrected chi connectivity index (χ2v) is 4.93. The van der Waals surface area contributed by atoms with E-state index in [-0.39, 0.29) is 11.9 Å². The fraction of sp³-hybridized carbons (Fsp3) is 0.250. The van der Waals surface area contributed by atoms with Crippen molar-refractivity contribution in [3.8, 4) is 5.75 Å². The average Bonchev–Trinajstić information content (AvgIpc) is 2.42. The molecule has 2 aromatic carbocycles. The number of benzene rings is 2. The van der Waals surface area contributed by atoms with Gasteiger partial charge in [-0.25, -0.2) is 4.39 Å². The molecule has 106 valence electrons. The minimum atomic E-state index is -0.237. The van der Waals surface area contributed by atoms with Crippen molar-refractivity contribution < 1.29 is 9.13 Å². The molecule has 1 atom stereocenters. The van der Waals surface area contributed by atoms with E-state index >= 15 is 0 Å². The monoisotopic (exact) mass is 293 g/mol. The molecule has 1 unspecified atom stereocenters. The van der Waals surface area contributed by atoms with Gasteiger partial charge in [-0.2, -0.15) is 0 Å². The number of ether oxygens (including phenoxy) is 1. The Labute approximate surface area is 123 Å². The van der Waals surface area contributed by atoms with Gasteiger partial charge in [-0.1, -0.05) is 23.7 Å². The molecular formula is C16H17ClFNO. The molecule has 4 heteroatoms. The Balaban J connectivity index is 2.20. The van der Waals surface area contributed by atoms with Crippen molar-refractivity contribution in [1.29, 1.82) is 0 Å². The maximum absolute atomic E-state index is 12.9. The SMILES string of the molecule is CCOc1ccc(Cl)cc1NC(C)c1ccc(F)cc1. The second kappa shape index (κ2) is 6.62. The van der Waals surface area contributed by atoms with Crippen LogP contribution in [0.25, 0.3) is 0 Å². The van der Waals surface area contributed by atoms with E-state index in [0.29, 0.717) is 11.6 Å². The minimum Gasteiger partial charge on any atom is -0.492 e. The molecular weight excluding hydrogens is 277 g/mol. The lowest BCUT2D eigenvalue weighted by Gasteiger charge is -2.18. The first kappa shape index (κ1) is 14.7. The van der Waals surface area contributed by atoms with Crippen LogP contribution in [0, 0.1) is 5.82 Å². The van der Waals surface area contributed by atoms with Crippen LogP contribution in [0.4, 0.5) is 10.1 Å². The fourth-order valence-electron chi connectivity index (χ4n) is 1.96. The lowest BCUT2D eigenvalue weighted by Crippen LogP contribution is -2.08. The van der Waals surface area contributed by atoms with Gasteiger partial charge in [-0.05, 0) is 49.7 Å². The maximum atomic E-state index is 12.9. The highest BCUT2D eigenvalue weighted by molar-refractivity contribution is 6.30. The van der Waals surface area contributed by atoms with Crippen LogP contribution < -0.4 is 10.1 Å². The van der Waals surface area contributed by atoms with Gasteiger partial charge in [0.1, 0.15) is 11.6 Å². The molecule has 0 aliphatic rings. The molecule has 1 N–H and O–H groups in total. The smallest absolute Gasteiger partial charge is 0.142 e. The predicted octanol–water partition coefficient (Wildman–Crippen LogP) is 5.05. The number of nitrogens with one attached hydrogen (secondary N) is 1. The summed E-state index contributed by atoms with van der Waals surface area (Å²) in [4.78, 5) is 0. The zero-order valence-corrected chi connectivity index (χ0v) is 12.2. The first-order chi connectivity index (χ1) is 9.60. The van der Waals surface area contributed by atoms with Gasteiger partial charge in [-0.15, -0.1) is 0 Å². The maximum Gasteiger partial charge on any atom is 0.142 e. The number of hydrogen-bond acceptors (Lipinski definition) is 2. The Morgan fingerprint density at radius 1 is 1.20 bits per heavy atom. The summed E-state index contributed by atoms with van der Waals surface area (Å²) >= 11 is 6.02. The largest absolute Gasteiger partial charge is 0.492 e. The zero-order valence-electron chi connectivity index (χ0n) is 11.5. The lowest BCUT2D eigenvalue weighted by molar-refractivity contribution is 0.341. The lowest BCUT2D eigenvalue weighted by atomic mass is 10.1. The van der Waals surface area contributed by atoms with Gasteiger partial charge >= 0.3 is 0 Å². The van der Waals surface area contributed by atoms with E-state index in [1.165, 1.54) is 12.1 Å². The van der Waals surface area contributed by atoms with Gasteiger partial charge < -0.3 is 10.1 Å². The van der Waals surface area contributed by atoms with E-state index in [1.54, 1.807) is 18.2 Å². The van der Waals surface area contributed by atoms with E-state index in [1.807, 2.05) is 26.0 Å². The van der Waals surface area contributed by atoms with Crippen LogP contribution in [0.5, 0.6) is 5.75 Å². The standard InChI is InChI=1S/C16H17ClFNO/c1-3-20-16-9-6-13(17)10-15(16)19-11(2)12-4-7-14(18)8-5-12/h4-11,19H,3H2,1-2H3. The molecule has 2 nitrogen and oxygen atoms in total. The summed E-state index contributed by atoms with van der Waals surface area (Å²) in [5.41, 5.74) is 1.82. The summed E-state index contributed by atoms with van der Waals surface area (Å²) in [7, 11) is 0. The highest BCUT2D eigenvalue weighted by atomic mass is 35.5. The highest BCUT2D eigenvalue weighted by Crippen LogP contribution is 2.31. The molecule has 0 saturated carbocycles. The normalized spacial score (nSPS) is 12.0. The quantitative estimate of drug-likeness (QED) is 0.833. The van der Waals surface area contributed by atoms with Crippen molar-refractivity contribution in [2.45, 2.75) is 19.9 Å². The van der Waals surface area contributed by atoms with Crippen molar-refractivity contribution in [1.82, 2.24) is 0 Å². The molecule has 2 aromatic rings. The van der Waals surface area contributed by atoms with Gasteiger partial charge in [0.05, 0.1) is 12.3 Å². The molecule has 0 heterocycles. The van der Waals surface area contributed by atoms with Crippen molar-refractivity contribution in [3.63, 3.8) is 0 Å². The Morgan fingerprint density at radius 2 is 1.90 bits per heavy atom. The Morgan fingerprint density at radius 3 is 2.55 bits per heavy atom. The first-order valence-corrected chi connectivity index (χ1v) is 6.92. The van der Waals surface area contributed by atoms with Gasteiger partial charge in [0.2, 0.25) is 0 Å². The van der Waals surface area contributed by atoms with Crippen LogP contribution in [-0.4, -0.2) is 6.61 Å². The van der Waals surface area contributed by atoms with E-state index < -0.39 is 0 Å². The molecule has 0 radical (unpaired) electrons. The Hall–Kier alpha value is -1.74. The fourth-order valence-corrected chi connectivity index (χ4v) is 2.14. The molecule has 2 rings (SSSR count). The molecule has 0 spiro atoms. The summed E-state index contributed by atoms with van der Waals surface area (Å²) in [6.07, 6.45) is 0. The Bertz CT molecular complexity index is 571. The van der Waals surface area contributed by atoms with Gasteiger partial charge in [0, 0.05) is 11.1 Å². The molecule has 0 aliphatic carbocycles. The molecule has 0 saturated heterocycles. The first-order valence-electron chi connectivity index (χ1n) is 6.54. The van der Waals surface area contributed by atoms with Crippen LogP contribution >= 0.6 is 11.6 Å². The summed E-state index contributed by atoms with van der Waals surface area (Å²) in [6.45, 7) is 4.52. The molecule has 0 aromatic heterocycles. The van der Waals surface area contributed by atoms with Crippen molar-refractivity contribution >= 4 is 17.3 Å². The Kier molecular flexibility index (Phi) is 4.85. The van der Waals surface area contributed by atoms with Crippen LogP contribution in [-0.2, 0) is 0 Å². The second-order valence-electron chi connectivity index (χ2n) is 4.49. The summed E-state index contributed by atoms with van der Waals surface area (Å²) in [5, 5.41) is 3.98. The van der Waals surface area contributed by atoms with Crippen LogP contribution in [0.3, 0.4) is 0 Å². The van der Waals surface area contributed by atoms with Crippen LogP contribution in [0.2, 0.25) is 5.02 Å². The third kappa shape index (κ3) is 3.64. The predicted molar refractivity (Wildman–Crippen MR) is 81.1 cm³/mol.